The maximum atomic E-state index is 12.2. The van der Waals surface area contributed by atoms with Gasteiger partial charge in [0.05, 0.1) is 10.6 Å². The summed E-state index contributed by atoms with van der Waals surface area (Å²) in [5.74, 6) is 0.271. The molecule has 18 heavy (non-hydrogen) atoms. The third-order valence-electron chi connectivity index (χ3n) is 3.42. The molecule has 1 aliphatic rings. The van der Waals surface area contributed by atoms with E-state index in [0.717, 1.165) is 36.9 Å². The Hall–Kier alpha value is -0.870. The lowest BCUT2D eigenvalue weighted by atomic mass is 10.0. The monoisotopic (exact) mass is 267 g/mol. The summed E-state index contributed by atoms with van der Waals surface area (Å²) in [4.78, 5) is 0.527. The van der Waals surface area contributed by atoms with Crippen molar-refractivity contribution in [3.8, 4) is 0 Å². The van der Waals surface area contributed by atoms with Crippen LogP contribution < -0.4 is 5.32 Å². The molecule has 0 aliphatic carbocycles. The Labute approximate surface area is 110 Å². The smallest absolute Gasteiger partial charge is 0.178 e. The Morgan fingerprint density at radius 1 is 1.39 bits per heavy atom. The lowest BCUT2D eigenvalue weighted by molar-refractivity contribution is 0.493. The lowest BCUT2D eigenvalue weighted by Crippen LogP contribution is -2.22. The number of hydrogen-bond acceptors (Lipinski definition) is 3. The van der Waals surface area contributed by atoms with Crippen LogP contribution in [-0.4, -0.2) is 20.7 Å². The molecule has 2 rings (SSSR count). The summed E-state index contributed by atoms with van der Waals surface area (Å²) in [5, 5.41) is 3.47. The summed E-state index contributed by atoms with van der Waals surface area (Å²) in [6.45, 7) is 5.06. The van der Waals surface area contributed by atoms with Crippen LogP contribution in [0.1, 0.15) is 43.4 Å². The molecule has 4 heteroatoms. The van der Waals surface area contributed by atoms with Crippen molar-refractivity contribution in [1.82, 2.24) is 5.32 Å². The van der Waals surface area contributed by atoms with E-state index in [1.807, 2.05) is 19.1 Å². The largest absolute Gasteiger partial charge is 0.310 e. The van der Waals surface area contributed by atoms with Crippen LogP contribution in [0, 0.1) is 6.92 Å². The van der Waals surface area contributed by atoms with Crippen molar-refractivity contribution in [2.45, 2.75) is 44.0 Å². The van der Waals surface area contributed by atoms with Gasteiger partial charge in [-0.05, 0) is 44.4 Å². The predicted octanol–water partition coefficient (Wildman–Crippen LogP) is 2.60. The fourth-order valence-electron chi connectivity index (χ4n) is 2.50. The molecule has 1 aromatic carbocycles. The minimum atomic E-state index is -3.09. The normalized spacial score (nSPS) is 22.2. The zero-order valence-corrected chi connectivity index (χ0v) is 11.9. The molecule has 1 aliphatic heterocycles. The van der Waals surface area contributed by atoms with Gasteiger partial charge in [0.15, 0.2) is 9.84 Å². The Morgan fingerprint density at radius 3 is 2.89 bits per heavy atom. The zero-order chi connectivity index (χ0) is 13.2. The number of sulfone groups is 1. The zero-order valence-electron chi connectivity index (χ0n) is 11.1. The minimum absolute atomic E-state index is 0.178. The molecular formula is C14H21NO2S. The maximum absolute atomic E-state index is 12.2. The van der Waals surface area contributed by atoms with E-state index in [9.17, 15) is 8.42 Å². The van der Waals surface area contributed by atoms with E-state index in [-0.39, 0.29) is 11.8 Å². The first-order valence-electron chi connectivity index (χ1n) is 6.61. The minimum Gasteiger partial charge on any atom is -0.310 e. The van der Waals surface area contributed by atoms with E-state index >= 15 is 0 Å². The molecular weight excluding hydrogens is 246 g/mol. The van der Waals surface area contributed by atoms with Crippen molar-refractivity contribution in [2.75, 3.05) is 12.3 Å². The molecule has 1 unspecified atom stereocenters. The second-order valence-corrected chi connectivity index (χ2v) is 7.09. The average Bonchev–Trinajstić information content (AvgIpc) is 2.43. The van der Waals surface area contributed by atoms with Gasteiger partial charge in [-0.3, -0.25) is 0 Å². The van der Waals surface area contributed by atoms with Crippen molar-refractivity contribution < 1.29 is 8.42 Å². The van der Waals surface area contributed by atoms with Crippen LogP contribution in [0.4, 0.5) is 0 Å². The molecule has 0 fully saturated rings. The molecule has 3 nitrogen and oxygen atoms in total. The van der Waals surface area contributed by atoms with Gasteiger partial charge in [-0.2, -0.15) is 0 Å². The highest BCUT2D eigenvalue weighted by Crippen LogP contribution is 2.31. The van der Waals surface area contributed by atoms with E-state index in [1.165, 1.54) is 0 Å². The first-order valence-corrected chi connectivity index (χ1v) is 8.26. The molecule has 0 bridgehead atoms. The number of hydrogen-bond donors (Lipinski definition) is 1. The van der Waals surface area contributed by atoms with Gasteiger partial charge in [-0.25, -0.2) is 8.42 Å². The van der Waals surface area contributed by atoms with Crippen molar-refractivity contribution in [1.29, 1.82) is 0 Å². The summed E-state index contributed by atoms with van der Waals surface area (Å²) in [6.07, 6.45) is 2.69. The topological polar surface area (TPSA) is 46.2 Å². The Balaban J connectivity index is 2.46. The van der Waals surface area contributed by atoms with Crippen molar-refractivity contribution >= 4 is 9.84 Å². The molecule has 0 saturated heterocycles. The first kappa shape index (κ1) is 13.6. The quantitative estimate of drug-likeness (QED) is 0.915. The van der Waals surface area contributed by atoms with Crippen LogP contribution >= 0.6 is 0 Å². The van der Waals surface area contributed by atoms with Crippen LogP contribution in [0.25, 0.3) is 0 Å². The number of aryl methyl sites for hydroxylation is 1. The highest BCUT2D eigenvalue weighted by atomic mass is 32.2. The van der Waals surface area contributed by atoms with E-state index in [1.54, 1.807) is 6.07 Å². The predicted molar refractivity (Wildman–Crippen MR) is 73.5 cm³/mol. The molecule has 0 spiro atoms. The number of rotatable bonds is 3. The van der Waals surface area contributed by atoms with Crippen LogP contribution in [0.3, 0.4) is 0 Å². The first-order chi connectivity index (χ1) is 8.54. The van der Waals surface area contributed by atoms with Gasteiger partial charge in [0, 0.05) is 6.04 Å². The van der Waals surface area contributed by atoms with E-state index in [4.69, 9.17) is 0 Å². The Morgan fingerprint density at radius 2 is 2.17 bits per heavy atom. The van der Waals surface area contributed by atoms with Gasteiger partial charge in [-0.1, -0.05) is 24.6 Å². The second kappa shape index (κ2) is 5.41. The average molecular weight is 267 g/mol. The molecule has 1 aromatic rings. The van der Waals surface area contributed by atoms with E-state index < -0.39 is 9.84 Å². The van der Waals surface area contributed by atoms with E-state index in [2.05, 4.69) is 12.2 Å². The Kier molecular flexibility index (Phi) is 4.07. The lowest BCUT2D eigenvalue weighted by Gasteiger charge is -2.19. The van der Waals surface area contributed by atoms with Crippen molar-refractivity contribution in [2.24, 2.45) is 0 Å². The van der Waals surface area contributed by atoms with Gasteiger partial charge < -0.3 is 5.32 Å². The van der Waals surface area contributed by atoms with Gasteiger partial charge >= 0.3 is 0 Å². The fraction of sp³-hybridized carbons (Fsp3) is 0.571. The number of fused-ring (bicyclic) bond motifs is 1. The number of benzene rings is 1. The summed E-state index contributed by atoms with van der Waals surface area (Å²) < 4.78 is 24.4. The van der Waals surface area contributed by atoms with Crippen LogP contribution in [-0.2, 0) is 9.84 Å². The molecule has 1 N–H and O–H groups in total. The fourth-order valence-corrected chi connectivity index (χ4v) is 4.10. The molecule has 0 amide bonds. The summed E-state index contributed by atoms with van der Waals surface area (Å²) in [7, 11) is -3.09. The third-order valence-corrected chi connectivity index (χ3v) is 5.29. The molecule has 100 valence electrons. The highest BCUT2D eigenvalue weighted by Gasteiger charge is 2.27. The maximum Gasteiger partial charge on any atom is 0.178 e. The summed E-state index contributed by atoms with van der Waals surface area (Å²) in [6, 6.07) is 5.85. The third kappa shape index (κ3) is 2.75. The van der Waals surface area contributed by atoms with Crippen LogP contribution in [0.2, 0.25) is 0 Å². The molecule has 0 radical (unpaired) electrons. The van der Waals surface area contributed by atoms with Gasteiger partial charge in [-0.15, -0.1) is 0 Å². The molecule has 1 heterocycles. The highest BCUT2D eigenvalue weighted by molar-refractivity contribution is 7.91. The summed E-state index contributed by atoms with van der Waals surface area (Å²) in [5.41, 5.74) is 2.08. The van der Waals surface area contributed by atoms with Crippen LogP contribution in [0.15, 0.2) is 23.1 Å². The molecule has 0 aromatic heterocycles. The van der Waals surface area contributed by atoms with Gasteiger partial charge in [0.2, 0.25) is 0 Å². The number of nitrogens with one attached hydrogen (secondary N) is 1. The van der Waals surface area contributed by atoms with E-state index in [0.29, 0.717) is 4.90 Å². The summed E-state index contributed by atoms with van der Waals surface area (Å²) >= 11 is 0. The van der Waals surface area contributed by atoms with Gasteiger partial charge in [0.25, 0.3) is 0 Å². The SMILES string of the molecule is CCCNC1CCCS(=O)(=O)c2ccc(C)cc21. The van der Waals surface area contributed by atoms with Crippen molar-refractivity contribution in [3.05, 3.63) is 29.3 Å². The second-order valence-electron chi connectivity index (χ2n) is 5.01. The van der Waals surface area contributed by atoms with Crippen molar-refractivity contribution in [3.63, 3.8) is 0 Å². The Bertz CT molecular complexity index is 523. The molecule has 0 saturated carbocycles. The van der Waals surface area contributed by atoms with Gasteiger partial charge in [0.1, 0.15) is 0 Å². The molecule has 1 atom stereocenters. The standard InChI is InChI=1S/C14H21NO2S/c1-3-8-15-13-5-4-9-18(16,17)14-7-6-11(2)10-12(13)14/h6-7,10,13,15H,3-5,8-9H2,1-2H3. The van der Waals surface area contributed by atoms with Crippen LogP contribution in [0.5, 0.6) is 0 Å².